The molecule has 0 aliphatic heterocycles. The van der Waals surface area contributed by atoms with Crippen molar-refractivity contribution in [3.63, 3.8) is 0 Å². The Morgan fingerprint density at radius 1 is 0.402 bits per heavy atom. The molecule has 0 amide bonds. The third-order valence-electron chi connectivity index (χ3n) is 15.6. The normalized spacial score (nSPS) is 9.99. The molecule has 5 aromatic heterocycles. The first-order chi connectivity index (χ1) is 51.4. The summed E-state index contributed by atoms with van der Waals surface area (Å²) in [5.74, 6) is 6.17. The van der Waals surface area contributed by atoms with Gasteiger partial charge in [0.1, 0.15) is 51.7 Å². The van der Waals surface area contributed by atoms with Gasteiger partial charge in [-0.25, -0.2) is 19.9 Å². The minimum absolute atomic E-state index is 0. The van der Waals surface area contributed by atoms with E-state index in [9.17, 15) is 10.2 Å². The van der Waals surface area contributed by atoms with Crippen molar-refractivity contribution >= 4 is 153 Å². The number of methoxy groups -OCH3 is 7. The molecule has 1 radical (unpaired) electrons. The molecule has 10 aromatic carbocycles. The van der Waals surface area contributed by atoms with Crippen LogP contribution >= 0.6 is 87.6 Å². The molecule has 537 valence electrons. The molecule has 0 aliphatic rings. The summed E-state index contributed by atoms with van der Waals surface area (Å²) >= 11 is 22.1. The Balaban J connectivity index is 0.000000202. The van der Waals surface area contributed by atoms with Crippen LogP contribution in [-0.4, -0.2) is 95.7 Å². The van der Waals surface area contributed by atoms with Crippen LogP contribution in [0.15, 0.2) is 282 Å². The van der Waals surface area contributed by atoms with Crippen molar-refractivity contribution in [3.8, 4) is 96.8 Å². The van der Waals surface area contributed by atoms with Crippen LogP contribution in [0.2, 0.25) is 5.02 Å². The maximum atomic E-state index is 9.55. The number of aryl methyl sites for hydroxylation is 1. The molecule has 15 nitrogen and oxygen atoms in total. The monoisotopic (exact) mass is 1710 g/mol. The number of phenolic OH excluding ortho intramolecular Hbond substituents is 2. The van der Waals surface area contributed by atoms with Crippen molar-refractivity contribution < 1.29 is 63.7 Å². The van der Waals surface area contributed by atoms with E-state index < -0.39 is 0 Å². The fourth-order valence-corrected chi connectivity index (χ4v) is 11.1. The minimum atomic E-state index is 0. The van der Waals surface area contributed by atoms with Crippen LogP contribution in [0.1, 0.15) is 6.99 Å². The second-order valence-electron chi connectivity index (χ2n) is 22.3. The van der Waals surface area contributed by atoms with E-state index in [2.05, 4.69) is 145 Å². The van der Waals surface area contributed by atoms with Crippen molar-refractivity contribution in [2.45, 2.75) is 6.92 Å². The maximum Gasteiger partial charge on any atom is 1.00 e. The van der Waals surface area contributed by atoms with Crippen LogP contribution in [-0.2, 0) is 0 Å². The fraction of sp³-hybridized carbons (Fsp3) is 0.0964. The molecule has 5 heterocycles. The van der Waals surface area contributed by atoms with Crippen LogP contribution in [0.3, 0.4) is 0 Å². The van der Waals surface area contributed by atoms with Gasteiger partial charge in [0.2, 0.25) is 0 Å². The number of phenols is 2. The zero-order valence-corrected chi connectivity index (χ0v) is 67.9. The average Bonchev–Trinajstić information content (AvgIpc) is 0.801. The number of pyridine rings is 5. The van der Waals surface area contributed by atoms with Crippen LogP contribution in [0.25, 0.3) is 99.5 Å². The third kappa shape index (κ3) is 25.3. The number of aromatic nitrogens is 5. The van der Waals surface area contributed by atoms with Gasteiger partial charge in [-0.05, 0) is 241 Å². The Morgan fingerprint density at radius 3 is 1.13 bits per heavy atom. The van der Waals surface area contributed by atoms with Gasteiger partial charge in [0.15, 0.2) is 0 Å². The molecule has 0 unspecified atom stereocenters. The first-order valence-corrected chi connectivity index (χ1v) is 36.6. The molecule has 0 bridgehead atoms. The molecule has 0 saturated carbocycles. The van der Waals surface area contributed by atoms with Gasteiger partial charge in [0.25, 0.3) is 0 Å². The third-order valence-corrected chi connectivity index (χ3v) is 16.9. The molecule has 107 heavy (non-hydrogen) atoms. The number of hydrogen-bond acceptors (Lipinski definition) is 16. The number of halogens is 5. The SMILES string of the molecule is BrB(Br)Br.COc1ccc(-c2ccc3c(Br)c(OC)ccc3n2)cc1.COc1ccc(-c2ccc3cc(OC)ccc3n2)cc1.COc1ccc(-c2ccc3cc(OC)ccc3n2)cc1.COc1ccc2ncccc2c1.Cc1ccccc1.Oc1ccc(-c2ccc3c(Cl)c(O)ccc3n2)cc1.[B]=NS.[H-].[Li+]. The molecule has 0 saturated heterocycles. The number of ether oxygens (including phenoxy) is 7. The maximum absolute atomic E-state index is 9.55. The summed E-state index contributed by atoms with van der Waals surface area (Å²) in [4.78, 5) is 22.8. The van der Waals surface area contributed by atoms with Crippen molar-refractivity contribution in [1.82, 2.24) is 24.9 Å². The fourth-order valence-electron chi connectivity index (χ4n) is 10.2. The Kier molecular flexibility index (Phi) is 34.9. The first-order valence-electron chi connectivity index (χ1n) is 32.3. The van der Waals surface area contributed by atoms with Crippen LogP contribution in [0, 0.1) is 6.92 Å². The minimum Gasteiger partial charge on any atom is -1.00 e. The topological polar surface area (TPSA) is 182 Å². The second kappa shape index (κ2) is 44.0. The summed E-state index contributed by atoms with van der Waals surface area (Å²) in [6, 6.07) is 85.3. The smallest absolute Gasteiger partial charge is 1.00 e. The molecule has 2 N–H and O–H groups in total. The Bertz CT molecular complexity index is 5190. The molecule has 0 spiro atoms. The number of benzene rings is 10. The predicted molar refractivity (Wildman–Crippen MR) is 454 cm³/mol. The number of aromatic hydroxyl groups is 2. The van der Waals surface area contributed by atoms with Gasteiger partial charge in [0.05, 0.1) is 110 Å². The summed E-state index contributed by atoms with van der Waals surface area (Å²) in [6.45, 7) is 2.08. The van der Waals surface area contributed by atoms with Crippen LogP contribution < -0.4 is 52.0 Å². The van der Waals surface area contributed by atoms with Gasteiger partial charge in [-0.1, -0.05) is 65.7 Å². The van der Waals surface area contributed by atoms with Gasteiger partial charge in [-0.3, -0.25) is 4.98 Å². The summed E-state index contributed by atoms with van der Waals surface area (Å²) in [7, 11) is 16.0. The number of fused-ring (bicyclic) bond motifs is 5. The number of nitrogens with zero attached hydrogens (tertiary/aromatic N) is 6. The van der Waals surface area contributed by atoms with Crippen LogP contribution in [0.5, 0.6) is 51.7 Å². The largest absolute Gasteiger partial charge is 1.00 e. The summed E-state index contributed by atoms with van der Waals surface area (Å²) in [5, 5.41) is 24.1. The molecule has 0 aliphatic carbocycles. The van der Waals surface area contributed by atoms with Crippen molar-refractivity contribution in [1.29, 1.82) is 0 Å². The van der Waals surface area contributed by atoms with E-state index in [0.29, 0.717) is 15.9 Å². The van der Waals surface area contributed by atoms with E-state index in [-0.39, 0.29) is 35.0 Å². The quantitative estimate of drug-likeness (QED) is 0.0821. The van der Waals surface area contributed by atoms with E-state index >= 15 is 0 Å². The first kappa shape index (κ1) is 84.8. The summed E-state index contributed by atoms with van der Waals surface area (Å²) in [5.41, 5.74) is 13.6. The van der Waals surface area contributed by atoms with E-state index in [1.54, 1.807) is 86.3 Å². The van der Waals surface area contributed by atoms with E-state index in [0.717, 1.165) is 133 Å². The van der Waals surface area contributed by atoms with Gasteiger partial charge in [0, 0.05) is 55.4 Å². The molecule has 24 heteroatoms. The van der Waals surface area contributed by atoms with Crippen molar-refractivity contribution in [2.75, 3.05) is 49.8 Å². The molecule has 15 rings (SSSR count). The Morgan fingerprint density at radius 2 is 0.738 bits per heavy atom. The van der Waals surface area contributed by atoms with Crippen LogP contribution in [0.4, 0.5) is 0 Å². The Labute approximate surface area is 681 Å². The second-order valence-corrected chi connectivity index (χ2v) is 30.2. The molecular weight excluding hydrogens is 1640 g/mol. The zero-order chi connectivity index (χ0) is 75.9. The molecule has 0 atom stereocenters. The van der Waals surface area contributed by atoms with Crippen molar-refractivity contribution in [2.24, 2.45) is 4.30 Å². The number of rotatable bonds is 11. The zero-order valence-electron chi connectivity index (χ0n) is 60.9. The average molecular weight is 1710 g/mol. The molecule has 15 aromatic rings. The van der Waals surface area contributed by atoms with Gasteiger partial charge < -0.3 is 44.8 Å². The molecule has 0 fully saturated rings. The van der Waals surface area contributed by atoms with Gasteiger partial charge in [-0.2, -0.15) is 0 Å². The van der Waals surface area contributed by atoms with Crippen molar-refractivity contribution in [3.05, 3.63) is 288 Å². The number of hydrogen-bond donors (Lipinski definition) is 3. The summed E-state index contributed by atoms with van der Waals surface area (Å²) < 4.78 is 40.2. The van der Waals surface area contributed by atoms with Gasteiger partial charge in [-0.15, -0.1) is 47.3 Å². The Hall–Kier alpha value is -9.46. The number of thiol groups is 1. The van der Waals surface area contributed by atoms with E-state index in [4.69, 9.17) is 49.7 Å². The predicted octanol–water partition coefficient (Wildman–Crippen LogP) is 20.2. The standard InChI is InChI=1S/C17H14BrNO2.2C17H15NO2.C15H10ClNO2.C10H9NO.C7H8.BBr3.BHNS.Li.H/c1-20-12-5-3-11(4-6-12)14-8-7-13-15(19-14)9-10-16(21-2)17(13)18;2*1-19-14-6-3-12(4-7-14)16-9-5-13-11-15(20-2)8-10-17(13)18-16;16-15-11-5-6-12(9-1-3-10(18)4-2-9)17-13(11)7-8-14(15)19;1-12-9-4-5-10-8(7-9)3-2-6-11-10;1-7-5-3-2-4-6-7;2-1(3)4;1-2-3;;/h3-10H,1-2H3;2*3-11H,1-2H3;1-8,18-19H;2-7H,1H3;2-6H,1H3;;3H;;/q;;;;;;;;+1;-1. The van der Waals surface area contributed by atoms with E-state index in [1.165, 1.54) is 11.6 Å². The molecular formula is C83H73B2Br4ClLiN6O9S. The van der Waals surface area contributed by atoms with Gasteiger partial charge >= 0.3 is 46.8 Å². The van der Waals surface area contributed by atoms with E-state index in [1.807, 2.05) is 200 Å². The summed E-state index contributed by atoms with van der Waals surface area (Å²) in [6.07, 6.45) is 1.79.